The van der Waals surface area contributed by atoms with Crippen molar-refractivity contribution in [3.8, 4) is 0 Å². The minimum Gasteiger partial charge on any atom is -0.385 e. The Kier molecular flexibility index (Phi) is 10.7. The third-order valence-corrected chi connectivity index (χ3v) is 4.36. The molecule has 0 atom stereocenters. The molecular weight excluding hydrogens is 328 g/mol. The van der Waals surface area contributed by atoms with E-state index in [2.05, 4.69) is 80.1 Å². The predicted molar refractivity (Wildman–Crippen MR) is 121 cm³/mol. The number of anilines is 1. The van der Waals surface area contributed by atoms with Gasteiger partial charge in [-0.05, 0) is 55.4 Å². The zero-order valence-corrected chi connectivity index (χ0v) is 17.6. The van der Waals surface area contributed by atoms with Crippen LogP contribution in [0.4, 0.5) is 5.69 Å². The van der Waals surface area contributed by atoms with E-state index in [4.69, 9.17) is 0 Å². The molecule has 0 aliphatic carbocycles. The van der Waals surface area contributed by atoms with Gasteiger partial charge in [-0.15, -0.1) is 0 Å². The van der Waals surface area contributed by atoms with Crippen molar-refractivity contribution in [2.45, 2.75) is 59.9 Å². The summed E-state index contributed by atoms with van der Waals surface area (Å²) in [6, 6.07) is 17.0. The molecule has 0 saturated heterocycles. The number of hydrogen-bond donors (Lipinski definition) is 2. The predicted octanol–water partition coefficient (Wildman–Crippen LogP) is 6.98. The van der Waals surface area contributed by atoms with Crippen molar-refractivity contribution in [2.24, 2.45) is 0 Å². The summed E-state index contributed by atoms with van der Waals surface area (Å²) >= 11 is 0. The summed E-state index contributed by atoms with van der Waals surface area (Å²) in [7, 11) is 0. The number of benzene rings is 2. The van der Waals surface area contributed by atoms with E-state index < -0.39 is 0 Å². The summed E-state index contributed by atoms with van der Waals surface area (Å²) in [5, 5.41) is 6.85. The summed E-state index contributed by atoms with van der Waals surface area (Å²) in [5.41, 5.74) is 7.21. The van der Waals surface area contributed by atoms with Crippen LogP contribution in [-0.2, 0) is 13.0 Å². The Morgan fingerprint density at radius 3 is 2.26 bits per heavy atom. The molecule has 146 valence electrons. The number of allylic oxidation sites excluding steroid dienone is 2. The maximum Gasteiger partial charge on any atom is 0.0411 e. The standard InChI is InChI=1S/C23H30N2.C2H6/c1-5-21-13-9-14-22(16-21)17-24-19(3)11-8-12-20(4)25-23-15-7-6-10-18(23)2;1-2/h6-7,9-10,13-16,24-25H,3-5,8,11-12,17H2,1-2H3;1-2H3. The van der Waals surface area contributed by atoms with Gasteiger partial charge < -0.3 is 10.6 Å². The lowest BCUT2D eigenvalue weighted by atomic mass is 10.1. The number of rotatable bonds is 10. The van der Waals surface area contributed by atoms with E-state index in [9.17, 15) is 0 Å². The van der Waals surface area contributed by atoms with Crippen LogP contribution in [0.25, 0.3) is 0 Å². The Morgan fingerprint density at radius 2 is 1.56 bits per heavy atom. The molecular formula is C25H36N2. The summed E-state index contributed by atoms with van der Waals surface area (Å²) in [6.07, 6.45) is 4.02. The van der Waals surface area contributed by atoms with Crippen molar-refractivity contribution in [3.05, 3.63) is 89.8 Å². The van der Waals surface area contributed by atoms with Crippen LogP contribution in [0.15, 0.2) is 73.1 Å². The Labute approximate surface area is 166 Å². The Balaban J connectivity index is 0.00000176. The van der Waals surface area contributed by atoms with E-state index in [0.717, 1.165) is 49.3 Å². The molecule has 0 aliphatic rings. The molecule has 0 aliphatic heterocycles. The first-order valence-corrected chi connectivity index (χ1v) is 10.1. The molecule has 0 heterocycles. The molecule has 2 N–H and O–H groups in total. The van der Waals surface area contributed by atoms with Gasteiger partial charge in [0.15, 0.2) is 0 Å². The molecule has 27 heavy (non-hydrogen) atoms. The fourth-order valence-electron chi connectivity index (χ4n) is 2.76. The van der Waals surface area contributed by atoms with Gasteiger partial charge in [0.05, 0.1) is 0 Å². The summed E-state index contributed by atoms with van der Waals surface area (Å²) in [4.78, 5) is 0. The van der Waals surface area contributed by atoms with Crippen molar-refractivity contribution in [2.75, 3.05) is 5.32 Å². The molecule has 0 aromatic heterocycles. The summed E-state index contributed by atoms with van der Waals surface area (Å²) in [5.74, 6) is 0. The zero-order valence-electron chi connectivity index (χ0n) is 17.6. The van der Waals surface area contributed by atoms with Gasteiger partial charge >= 0.3 is 0 Å². The second-order valence-corrected chi connectivity index (χ2v) is 6.53. The average Bonchev–Trinajstić information content (AvgIpc) is 2.70. The Hall–Kier alpha value is -2.48. The Morgan fingerprint density at radius 1 is 0.889 bits per heavy atom. The van der Waals surface area contributed by atoms with Gasteiger partial charge in [-0.3, -0.25) is 0 Å². The molecule has 0 unspecified atom stereocenters. The first-order valence-electron chi connectivity index (χ1n) is 10.1. The maximum atomic E-state index is 4.15. The first kappa shape index (κ1) is 22.6. The van der Waals surface area contributed by atoms with Crippen LogP contribution in [-0.4, -0.2) is 0 Å². The third kappa shape index (κ3) is 8.63. The second kappa shape index (κ2) is 12.8. The largest absolute Gasteiger partial charge is 0.385 e. The molecule has 0 radical (unpaired) electrons. The molecule has 0 amide bonds. The maximum absolute atomic E-state index is 4.15. The van der Waals surface area contributed by atoms with Crippen molar-refractivity contribution in [3.63, 3.8) is 0 Å². The molecule has 0 fully saturated rings. The number of hydrogen-bond acceptors (Lipinski definition) is 2. The molecule has 2 aromatic rings. The van der Waals surface area contributed by atoms with Crippen LogP contribution in [0.1, 0.15) is 56.7 Å². The van der Waals surface area contributed by atoms with Crippen LogP contribution in [0.5, 0.6) is 0 Å². The molecule has 2 aromatic carbocycles. The SMILES string of the molecule is C=C(CCCC(=C)Nc1ccccc1C)NCc1cccc(CC)c1.CC. The monoisotopic (exact) mass is 364 g/mol. The fourth-order valence-corrected chi connectivity index (χ4v) is 2.76. The third-order valence-electron chi connectivity index (χ3n) is 4.36. The van der Waals surface area contributed by atoms with E-state index in [1.54, 1.807) is 0 Å². The fraction of sp³-hybridized carbons (Fsp3) is 0.360. The molecule has 0 bridgehead atoms. The van der Waals surface area contributed by atoms with E-state index in [-0.39, 0.29) is 0 Å². The normalized spacial score (nSPS) is 9.78. The van der Waals surface area contributed by atoms with Crippen LogP contribution < -0.4 is 10.6 Å². The highest BCUT2D eigenvalue weighted by Gasteiger charge is 2.01. The molecule has 0 spiro atoms. The van der Waals surface area contributed by atoms with Crippen LogP contribution in [0.3, 0.4) is 0 Å². The smallest absolute Gasteiger partial charge is 0.0411 e. The van der Waals surface area contributed by atoms with Gasteiger partial charge in [-0.25, -0.2) is 0 Å². The lowest BCUT2D eigenvalue weighted by Crippen LogP contribution is -2.12. The minimum atomic E-state index is 0.842. The lowest BCUT2D eigenvalue weighted by molar-refractivity contribution is 0.711. The minimum absolute atomic E-state index is 0.842. The van der Waals surface area contributed by atoms with Gasteiger partial charge in [0.25, 0.3) is 0 Å². The van der Waals surface area contributed by atoms with Crippen molar-refractivity contribution >= 4 is 5.69 Å². The lowest BCUT2D eigenvalue weighted by Gasteiger charge is -2.13. The van der Waals surface area contributed by atoms with Crippen LogP contribution in [0, 0.1) is 6.92 Å². The van der Waals surface area contributed by atoms with E-state index in [0.29, 0.717) is 0 Å². The molecule has 0 saturated carbocycles. The molecule has 2 rings (SSSR count). The Bertz CT molecular complexity index is 716. The van der Waals surface area contributed by atoms with Crippen LogP contribution in [0.2, 0.25) is 0 Å². The van der Waals surface area contributed by atoms with E-state index >= 15 is 0 Å². The number of nitrogens with one attached hydrogen (secondary N) is 2. The van der Waals surface area contributed by atoms with Gasteiger partial charge in [0.1, 0.15) is 0 Å². The van der Waals surface area contributed by atoms with Gasteiger partial charge in [-0.2, -0.15) is 0 Å². The van der Waals surface area contributed by atoms with Crippen molar-refractivity contribution < 1.29 is 0 Å². The number of para-hydroxylation sites is 1. The van der Waals surface area contributed by atoms with Gasteiger partial charge in [0, 0.05) is 23.6 Å². The summed E-state index contributed by atoms with van der Waals surface area (Å²) in [6.45, 7) is 17.4. The van der Waals surface area contributed by atoms with Crippen molar-refractivity contribution in [1.82, 2.24) is 5.32 Å². The highest BCUT2D eigenvalue weighted by atomic mass is 14.9. The van der Waals surface area contributed by atoms with Gasteiger partial charge in [-0.1, -0.05) is 76.4 Å². The van der Waals surface area contributed by atoms with E-state index in [1.165, 1.54) is 16.7 Å². The van der Waals surface area contributed by atoms with Gasteiger partial charge in [0.2, 0.25) is 0 Å². The van der Waals surface area contributed by atoms with Crippen molar-refractivity contribution in [1.29, 1.82) is 0 Å². The zero-order chi connectivity index (χ0) is 20.1. The van der Waals surface area contributed by atoms with E-state index in [1.807, 2.05) is 19.9 Å². The first-order chi connectivity index (χ1) is 13.1. The van der Waals surface area contributed by atoms with Crippen LogP contribution >= 0.6 is 0 Å². The topological polar surface area (TPSA) is 24.1 Å². The number of aryl methyl sites for hydroxylation is 2. The molecule has 2 nitrogen and oxygen atoms in total. The highest BCUT2D eigenvalue weighted by molar-refractivity contribution is 5.53. The average molecular weight is 365 g/mol. The quantitative estimate of drug-likeness (QED) is 0.475. The molecule has 2 heteroatoms. The summed E-state index contributed by atoms with van der Waals surface area (Å²) < 4.78 is 0. The highest BCUT2D eigenvalue weighted by Crippen LogP contribution is 2.18. The second-order valence-electron chi connectivity index (χ2n) is 6.53.